The molecule has 0 saturated carbocycles. The Morgan fingerprint density at radius 1 is 1.11 bits per heavy atom. The molecular weight excluding hydrogens is 226 g/mol. The zero-order valence-electron chi connectivity index (χ0n) is 12.9. The number of nitrogens with one attached hydrogen (secondary N) is 1. The van der Waals surface area contributed by atoms with Gasteiger partial charge in [0.2, 0.25) is 6.41 Å². The minimum absolute atomic E-state index is 0.542. The molecule has 0 spiro atoms. The third-order valence-electron chi connectivity index (χ3n) is 1.52. The van der Waals surface area contributed by atoms with Crippen LogP contribution in [-0.2, 0) is 11.3 Å². The zero-order chi connectivity index (χ0) is 14.8. The normalized spacial score (nSPS) is 7.06. The lowest BCUT2D eigenvalue weighted by molar-refractivity contribution is -0.109. The van der Waals surface area contributed by atoms with Crippen LogP contribution in [0.3, 0.4) is 0 Å². The smallest absolute Gasteiger partial charge is 0.207 e. The molecule has 0 aliphatic rings. The minimum atomic E-state index is 0.542. The largest absolute Gasteiger partial charge is 0.497 e. The van der Waals surface area contributed by atoms with Gasteiger partial charge in [-0.3, -0.25) is 4.79 Å². The van der Waals surface area contributed by atoms with E-state index in [0.717, 1.165) is 11.3 Å². The summed E-state index contributed by atoms with van der Waals surface area (Å²) in [6, 6.07) is 7.57. The van der Waals surface area contributed by atoms with Gasteiger partial charge < -0.3 is 10.1 Å². The summed E-state index contributed by atoms with van der Waals surface area (Å²) in [7, 11) is 1.62. The van der Waals surface area contributed by atoms with E-state index in [0.29, 0.717) is 13.0 Å². The van der Waals surface area contributed by atoms with E-state index in [1.807, 2.05) is 65.8 Å². The molecule has 3 nitrogen and oxygen atoms in total. The minimum Gasteiger partial charge on any atom is -0.497 e. The molecule has 106 valence electrons. The predicted molar refractivity (Wildman–Crippen MR) is 79.9 cm³/mol. The summed E-state index contributed by atoms with van der Waals surface area (Å²) < 4.78 is 5.02. The average molecular weight is 255 g/mol. The van der Waals surface area contributed by atoms with E-state index in [9.17, 15) is 4.79 Å². The molecule has 0 aromatic heterocycles. The van der Waals surface area contributed by atoms with E-state index in [1.165, 1.54) is 0 Å². The molecule has 1 amide bonds. The second-order valence-corrected chi connectivity index (χ2v) is 2.35. The van der Waals surface area contributed by atoms with Crippen LogP contribution < -0.4 is 10.1 Å². The van der Waals surface area contributed by atoms with Crippen LogP contribution in [0.2, 0.25) is 0 Å². The molecule has 0 aliphatic carbocycles. The molecule has 18 heavy (non-hydrogen) atoms. The lowest BCUT2D eigenvalue weighted by Gasteiger charge is -2.02. The third kappa shape index (κ3) is 12.6. The molecule has 3 heteroatoms. The van der Waals surface area contributed by atoms with Crippen molar-refractivity contribution < 1.29 is 9.53 Å². The molecule has 0 radical (unpaired) electrons. The highest BCUT2D eigenvalue weighted by molar-refractivity contribution is 5.46. The van der Waals surface area contributed by atoms with E-state index in [-0.39, 0.29) is 0 Å². The predicted octanol–water partition coefficient (Wildman–Crippen LogP) is 4.02. The third-order valence-corrected chi connectivity index (χ3v) is 1.52. The number of hydrogen-bond donors (Lipinski definition) is 1. The van der Waals surface area contributed by atoms with Crippen molar-refractivity contribution in [1.29, 1.82) is 0 Å². The highest BCUT2D eigenvalue weighted by Gasteiger charge is 1.93. The SMILES string of the molecule is CC.CC.CC.COc1cccc(CNC=O)c1. The van der Waals surface area contributed by atoms with Gasteiger partial charge in [0.05, 0.1) is 7.11 Å². The summed E-state index contributed by atoms with van der Waals surface area (Å²) in [5.41, 5.74) is 1.03. The van der Waals surface area contributed by atoms with Gasteiger partial charge in [-0.25, -0.2) is 0 Å². The first-order valence-electron chi connectivity index (χ1n) is 6.67. The first kappa shape index (κ1) is 21.7. The van der Waals surface area contributed by atoms with Gasteiger partial charge in [-0.15, -0.1) is 0 Å². The van der Waals surface area contributed by atoms with Crippen LogP contribution in [0.25, 0.3) is 0 Å². The summed E-state index contributed by atoms with van der Waals surface area (Å²) in [4.78, 5) is 9.99. The van der Waals surface area contributed by atoms with Crippen LogP contribution in [0.5, 0.6) is 5.75 Å². The second-order valence-electron chi connectivity index (χ2n) is 2.35. The fourth-order valence-electron chi connectivity index (χ4n) is 0.942. The van der Waals surface area contributed by atoms with Gasteiger partial charge in [-0.05, 0) is 17.7 Å². The van der Waals surface area contributed by atoms with Crippen molar-refractivity contribution in [3.63, 3.8) is 0 Å². The van der Waals surface area contributed by atoms with Crippen molar-refractivity contribution in [3.05, 3.63) is 29.8 Å². The maximum Gasteiger partial charge on any atom is 0.207 e. The number of benzene rings is 1. The topological polar surface area (TPSA) is 38.3 Å². The van der Waals surface area contributed by atoms with Gasteiger partial charge in [-0.1, -0.05) is 53.7 Å². The van der Waals surface area contributed by atoms with Crippen molar-refractivity contribution in [3.8, 4) is 5.75 Å². The van der Waals surface area contributed by atoms with E-state index in [2.05, 4.69) is 5.32 Å². The quantitative estimate of drug-likeness (QED) is 0.825. The Bertz CT molecular complexity index is 262. The van der Waals surface area contributed by atoms with Gasteiger partial charge in [-0.2, -0.15) is 0 Å². The monoisotopic (exact) mass is 255 g/mol. The van der Waals surface area contributed by atoms with Gasteiger partial charge in [0, 0.05) is 6.54 Å². The van der Waals surface area contributed by atoms with Crippen LogP contribution in [-0.4, -0.2) is 13.5 Å². The van der Waals surface area contributed by atoms with Crippen LogP contribution in [0.4, 0.5) is 0 Å². The zero-order valence-corrected chi connectivity index (χ0v) is 12.9. The van der Waals surface area contributed by atoms with Crippen LogP contribution >= 0.6 is 0 Å². The number of amides is 1. The summed E-state index contributed by atoms with van der Waals surface area (Å²) in [6.45, 7) is 12.5. The molecule has 1 aromatic rings. The van der Waals surface area contributed by atoms with Crippen molar-refractivity contribution in [2.24, 2.45) is 0 Å². The van der Waals surface area contributed by atoms with Crippen LogP contribution in [0.1, 0.15) is 47.1 Å². The molecule has 0 atom stereocenters. The highest BCUT2D eigenvalue weighted by atomic mass is 16.5. The van der Waals surface area contributed by atoms with E-state index in [1.54, 1.807) is 7.11 Å². The number of carbonyl (C=O) groups excluding carboxylic acids is 1. The summed E-state index contributed by atoms with van der Waals surface area (Å²) in [5.74, 6) is 0.806. The van der Waals surface area contributed by atoms with E-state index < -0.39 is 0 Å². The molecule has 0 aliphatic heterocycles. The molecule has 0 saturated heterocycles. The first-order chi connectivity index (χ1) is 8.86. The number of rotatable bonds is 4. The van der Waals surface area contributed by atoms with Crippen molar-refractivity contribution >= 4 is 6.41 Å². The molecule has 1 N–H and O–H groups in total. The average Bonchev–Trinajstić information content (AvgIpc) is 2.51. The molecule has 0 fully saturated rings. The Labute approximate surface area is 113 Å². The maximum absolute atomic E-state index is 9.99. The fraction of sp³-hybridized carbons (Fsp3) is 0.533. The molecular formula is C15H29NO2. The Morgan fingerprint density at radius 2 is 1.67 bits per heavy atom. The molecule has 0 bridgehead atoms. The molecule has 1 aromatic carbocycles. The molecule has 1 rings (SSSR count). The van der Waals surface area contributed by atoms with Crippen LogP contribution in [0, 0.1) is 0 Å². The lowest BCUT2D eigenvalue weighted by atomic mass is 10.2. The van der Waals surface area contributed by atoms with E-state index >= 15 is 0 Å². The van der Waals surface area contributed by atoms with E-state index in [4.69, 9.17) is 4.74 Å². The fourth-order valence-corrected chi connectivity index (χ4v) is 0.942. The number of methoxy groups -OCH3 is 1. The molecule has 0 unspecified atom stereocenters. The Balaban J connectivity index is -0.000000328. The van der Waals surface area contributed by atoms with Crippen molar-refractivity contribution in [2.45, 2.75) is 48.1 Å². The first-order valence-corrected chi connectivity index (χ1v) is 6.67. The number of hydrogen-bond acceptors (Lipinski definition) is 2. The lowest BCUT2D eigenvalue weighted by Crippen LogP contribution is -2.09. The Morgan fingerprint density at radius 3 is 2.11 bits per heavy atom. The van der Waals surface area contributed by atoms with Gasteiger partial charge >= 0.3 is 0 Å². The summed E-state index contributed by atoms with van der Waals surface area (Å²) >= 11 is 0. The number of ether oxygens (including phenoxy) is 1. The van der Waals surface area contributed by atoms with Gasteiger partial charge in [0.1, 0.15) is 5.75 Å². The molecule has 0 heterocycles. The Kier molecular flexibility index (Phi) is 25.2. The highest BCUT2D eigenvalue weighted by Crippen LogP contribution is 2.11. The van der Waals surface area contributed by atoms with Gasteiger partial charge in [0.25, 0.3) is 0 Å². The van der Waals surface area contributed by atoms with Crippen LogP contribution in [0.15, 0.2) is 24.3 Å². The standard InChI is InChI=1S/C9H11NO2.3C2H6/c1-12-9-4-2-3-8(5-9)6-10-7-11;3*1-2/h2-5,7H,6H2,1H3,(H,10,11);3*1-2H3. The summed E-state index contributed by atoms with van der Waals surface area (Å²) in [5, 5.41) is 2.58. The van der Waals surface area contributed by atoms with Crippen molar-refractivity contribution in [1.82, 2.24) is 5.32 Å². The Hall–Kier alpha value is -1.51. The summed E-state index contributed by atoms with van der Waals surface area (Å²) in [6.07, 6.45) is 0.680. The second kappa shape index (κ2) is 20.8. The number of carbonyl (C=O) groups is 1. The van der Waals surface area contributed by atoms with Crippen molar-refractivity contribution in [2.75, 3.05) is 7.11 Å². The van der Waals surface area contributed by atoms with Gasteiger partial charge in [0.15, 0.2) is 0 Å². The maximum atomic E-state index is 9.99.